The molecule has 3 nitrogen and oxygen atoms in total. The summed E-state index contributed by atoms with van der Waals surface area (Å²) in [6, 6.07) is 10.2. The molecule has 0 saturated heterocycles. The third kappa shape index (κ3) is 3.66. The molecule has 1 rings (SSSR count). The molecule has 1 aromatic rings. The highest BCUT2D eigenvalue weighted by atomic mass is 16.5. The Kier molecular flexibility index (Phi) is 4.99. The van der Waals surface area contributed by atoms with Crippen LogP contribution >= 0.6 is 0 Å². The van der Waals surface area contributed by atoms with Gasteiger partial charge >= 0.3 is 5.97 Å². The van der Waals surface area contributed by atoms with E-state index in [1.807, 2.05) is 32.0 Å². The quantitative estimate of drug-likeness (QED) is 0.773. The van der Waals surface area contributed by atoms with E-state index in [-0.39, 0.29) is 17.9 Å². The molecule has 0 unspecified atom stereocenters. The second-order valence-electron chi connectivity index (χ2n) is 3.97. The summed E-state index contributed by atoms with van der Waals surface area (Å²) >= 11 is 0. The van der Waals surface area contributed by atoms with Gasteiger partial charge in [-0.1, -0.05) is 37.3 Å². The van der Waals surface area contributed by atoms with Crippen LogP contribution in [0.4, 0.5) is 0 Å². The van der Waals surface area contributed by atoms with Crippen molar-refractivity contribution in [2.24, 2.45) is 5.92 Å². The molecule has 0 aliphatic heterocycles. The predicted octanol–water partition coefficient (Wildman–Crippen LogP) is 1.97. The third-order valence-electron chi connectivity index (χ3n) is 2.79. The van der Waals surface area contributed by atoms with Gasteiger partial charge in [0, 0.05) is 12.6 Å². The molecule has 0 heterocycles. The highest BCUT2D eigenvalue weighted by Crippen LogP contribution is 2.06. The van der Waals surface area contributed by atoms with Gasteiger partial charge in [0.2, 0.25) is 0 Å². The van der Waals surface area contributed by atoms with E-state index in [9.17, 15) is 4.79 Å². The summed E-state index contributed by atoms with van der Waals surface area (Å²) in [4.78, 5) is 11.3. The molecule has 0 fully saturated rings. The number of esters is 1. The number of hydrogen-bond donors (Lipinski definition) is 1. The van der Waals surface area contributed by atoms with Crippen LogP contribution in [0.2, 0.25) is 0 Å². The molecule has 0 radical (unpaired) electrons. The van der Waals surface area contributed by atoms with E-state index in [0.717, 1.165) is 6.54 Å². The summed E-state index contributed by atoms with van der Waals surface area (Å²) in [7, 11) is 1.42. The fourth-order valence-corrected chi connectivity index (χ4v) is 1.44. The molecular weight excluding hydrogens is 202 g/mol. The van der Waals surface area contributed by atoms with Crippen LogP contribution in [0.3, 0.4) is 0 Å². The third-order valence-corrected chi connectivity index (χ3v) is 2.79. The Morgan fingerprint density at radius 2 is 1.94 bits per heavy atom. The predicted molar refractivity (Wildman–Crippen MR) is 63.9 cm³/mol. The molecule has 16 heavy (non-hydrogen) atoms. The Morgan fingerprint density at radius 1 is 1.31 bits per heavy atom. The van der Waals surface area contributed by atoms with Crippen LogP contribution in [0.15, 0.2) is 30.3 Å². The van der Waals surface area contributed by atoms with E-state index in [1.165, 1.54) is 12.7 Å². The van der Waals surface area contributed by atoms with Gasteiger partial charge in [-0.3, -0.25) is 4.79 Å². The lowest BCUT2D eigenvalue weighted by atomic mass is 10.0. The average Bonchev–Trinajstić information content (AvgIpc) is 2.35. The average molecular weight is 221 g/mol. The van der Waals surface area contributed by atoms with Gasteiger partial charge in [0.1, 0.15) is 0 Å². The summed E-state index contributed by atoms with van der Waals surface area (Å²) in [5.41, 5.74) is 1.21. The fourth-order valence-electron chi connectivity index (χ4n) is 1.44. The Hall–Kier alpha value is -1.35. The maximum Gasteiger partial charge on any atom is 0.309 e. The molecule has 0 amide bonds. The van der Waals surface area contributed by atoms with Gasteiger partial charge in [-0.2, -0.15) is 0 Å². The summed E-state index contributed by atoms with van der Waals surface area (Å²) in [5, 5.41) is 3.31. The van der Waals surface area contributed by atoms with Crippen molar-refractivity contribution in [3.8, 4) is 0 Å². The number of carbonyl (C=O) groups is 1. The van der Waals surface area contributed by atoms with Crippen molar-refractivity contribution in [1.82, 2.24) is 5.32 Å². The first kappa shape index (κ1) is 12.7. The minimum atomic E-state index is -0.173. The summed E-state index contributed by atoms with van der Waals surface area (Å²) in [5.74, 6) is -0.304. The summed E-state index contributed by atoms with van der Waals surface area (Å²) < 4.78 is 4.71. The zero-order valence-corrected chi connectivity index (χ0v) is 10.1. The number of methoxy groups -OCH3 is 1. The van der Waals surface area contributed by atoms with Gasteiger partial charge in [-0.25, -0.2) is 0 Å². The van der Waals surface area contributed by atoms with E-state index in [0.29, 0.717) is 0 Å². The zero-order chi connectivity index (χ0) is 12.0. The molecule has 0 aromatic heterocycles. The smallest absolute Gasteiger partial charge is 0.309 e. The Labute approximate surface area is 96.8 Å². The number of ether oxygens (including phenoxy) is 1. The summed E-state index contributed by atoms with van der Waals surface area (Å²) in [6.45, 7) is 4.63. The Balaban J connectivity index is 2.41. The van der Waals surface area contributed by atoms with E-state index in [4.69, 9.17) is 4.74 Å². The monoisotopic (exact) mass is 221 g/mol. The first-order valence-corrected chi connectivity index (χ1v) is 5.50. The van der Waals surface area contributed by atoms with Crippen molar-refractivity contribution in [2.75, 3.05) is 7.11 Å². The second-order valence-corrected chi connectivity index (χ2v) is 3.97. The van der Waals surface area contributed by atoms with Crippen molar-refractivity contribution < 1.29 is 9.53 Å². The minimum absolute atomic E-state index is 0.104. The highest BCUT2D eigenvalue weighted by Gasteiger charge is 2.19. The lowest BCUT2D eigenvalue weighted by Gasteiger charge is -2.19. The van der Waals surface area contributed by atoms with E-state index >= 15 is 0 Å². The fraction of sp³-hybridized carbons (Fsp3) is 0.462. The maximum atomic E-state index is 11.3. The Bertz CT molecular complexity index is 324. The van der Waals surface area contributed by atoms with Crippen LogP contribution in [0.5, 0.6) is 0 Å². The van der Waals surface area contributed by atoms with Gasteiger partial charge < -0.3 is 10.1 Å². The largest absolute Gasteiger partial charge is 0.469 e. The molecule has 1 aromatic carbocycles. The first-order valence-electron chi connectivity index (χ1n) is 5.50. The molecule has 1 N–H and O–H groups in total. The van der Waals surface area contributed by atoms with Crippen molar-refractivity contribution in [3.63, 3.8) is 0 Å². The normalized spacial score (nSPS) is 14.2. The molecule has 0 bridgehead atoms. The van der Waals surface area contributed by atoms with Gasteiger partial charge in [0.15, 0.2) is 0 Å². The van der Waals surface area contributed by atoms with Crippen LogP contribution < -0.4 is 5.32 Å². The Morgan fingerprint density at radius 3 is 2.50 bits per heavy atom. The molecule has 0 saturated carbocycles. The molecule has 88 valence electrons. The molecule has 0 aliphatic rings. The molecule has 3 heteroatoms. The topological polar surface area (TPSA) is 38.3 Å². The first-order chi connectivity index (χ1) is 7.65. The van der Waals surface area contributed by atoms with Crippen LogP contribution in [0.1, 0.15) is 19.4 Å². The van der Waals surface area contributed by atoms with E-state index < -0.39 is 0 Å². The number of rotatable bonds is 5. The van der Waals surface area contributed by atoms with Crippen LogP contribution in [0, 0.1) is 5.92 Å². The van der Waals surface area contributed by atoms with Gasteiger partial charge in [-0.15, -0.1) is 0 Å². The molecule has 2 atom stereocenters. The van der Waals surface area contributed by atoms with E-state index in [2.05, 4.69) is 17.4 Å². The second kappa shape index (κ2) is 6.28. The van der Waals surface area contributed by atoms with Crippen molar-refractivity contribution in [1.29, 1.82) is 0 Å². The van der Waals surface area contributed by atoms with Gasteiger partial charge in [0.05, 0.1) is 13.0 Å². The van der Waals surface area contributed by atoms with Crippen molar-refractivity contribution >= 4 is 5.97 Å². The minimum Gasteiger partial charge on any atom is -0.469 e. The number of nitrogens with one attached hydrogen (secondary N) is 1. The lowest BCUT2D eigenvalue weighted by molar-refractivity contribution is -0.145. The number of carbonyl (C=O) groups excluding carboxylic acids is 1. The summed E-state index contributed by atoms with van der Waals surface area (Å²) in [6.07, 6.45) is 0. The van der Waals surface area contributed by atoms with Crippen LogP contribution in [-0.2, 0) is 16.1 Å². The molecular formula is C13H19NO2. The van der Waals surface area contributed by atoms with E-state index in [1.54, 1.807) is 0 Å². The zero-order valence-electron chi connectivity index (χ0n) is 10.1. The van der Waals surface area contributed by atoms with Gasteiger partial charge in [-0.05, 0) is 12.5 Å². The van der Waals surface area contributed by atoms with Crippen molar-refractivity contribution in [3.05, 3.63) is 35.9 Å². The SMILES string of the molecule is COC(=O)[C@H](C)[C@@H](C)NCc1ccccc1. The maximum absolute atomic E-state index is 11.3. The van der Waals surface area contributed by atoms with Crippen molar-refractivity contribution in [2.45, 2.75) is 26.4 Å². The standard InChI is InChI=1S/C13H19NO2/c1-10(13(15)16-3)11(2)14-9-12-7-5-4-6-8-12/h4-8,10-11,14H,9H2,1-3H3/t10-,11-/m1/s1. The number of hydrogen-bond acceptors (Lipinski definition) is 3. The highest BCUT2D eigenvalue weighted by molar-refractivity contribution is 5.72. The van der Waals surface area contributed by atoms with Crippen LogP contribution in [0.25, 0.3) is 0 Å². The molecule has 0 spiro atoms. The molecule has 0 aliphatic carbocycles. The number of benzene rings is 1. The van der Waals surface area contributed by atoms with Crippen LogP contribution in [-0.4, -0.2) is 19.1 Å². The van der Waals surface area contributed by atoms with Gasteiger partial charge in [0.25, 0.3) is 0 Å². The lowest BCUT2D eigenvalue weighted by Crippen LogP contribution is -2.36.